The van der Waals surface area contributed by atoms with Crippen molar-refractivity contribution < 1.29 is 19.4 Å². The van der Waals surface area contributed by atoms with Crippen LogP contribution in [0.4, 0.5) is 11.4 Å². The van der Waals surface area contributed by atoms with Crippen LogP contribution in [0.5, 0.6) is 5.75 Å². The molecule has 9 nitrogen and oxygen atoms in total. The molecule has 1 unspecified atom stereocenters. The van der Waals surface area contributed by atoms with Gasteiger partial charge in [0.25, 0.3) is 5.91 Å². The summed E-state index contributed by atoms with van der Waals surface area (Å²) in [7, 11) is 0. The van der Waals surface area contributed by atoms with Crippen LogP contribution in [0.15, 0.2) is 39.2 Å². The Hall–Kier alpha value is -2.69. The number of allylic oxidation sites excluding steroid dienone is 1. The van der Waals surface area contributed by atoms with E-state index in [4.69, 9.17) is 14.9 Å². The fourth-order valence-corrected chi connectivity index (χ4v) is 3.94. The first-order chi connectivity index (χ1) is 14.9. The second kappa shape index (κ2) is 8.81. The fraction of sp³-hybridized carbons (Fsp3) is 0.381. The van der Waals surface area contributed by atoms with Crippen LogP contribution in [0.2, 0.25) is 0 Å². The number of nitrogens with one attached hydrogen (secondary N) is 3. The van der Waals surface area contributed by atoms with Crippen molar-refractivity contribution in [3.63, 3.8) is 0 Å². The Kier molecular flexibility index (Phi) is 6.12. The van der Waals surface area contributed by atoms with E-state index in [0.29, 0.717) is 50.0 Å². The molecule has 1 aromatic rings. The van der Waals surface area contributed by atoms with E-state index >= 15 is 0 Å². The number of aliphatic imine (C=N–C) groups is 1. The van der Waals surface area contributed by atoms with Crippen LogP contribution >= 0.6 is 15.9 Å². The van der Waals surface area contributed by atoms with Crippen molar-refractivity contribution in [2.75, 3.05) is 43.1 Å². The van der Waals surface area contributed by atoms with Crippen LogP contribution < -0.4 is 20.3 Å². The molecule has 1 amide bonds. The maximum atomic E-state index is 13.1. The number of anilines is 2. The molecule has 4 N–H and O–H groups in total. The third-order valence-electron chi connectivity index (χ3n) is 5.34. The highest BCUT2D eigenvalue weighted by Crippen LogP contribution is 2.42. The molecule has 3 aliphatic heterocycles. The number of morpholine rings is 1. The summed E-state index contributed by atoms with van der Waals surface area (Å²) >= 11 is 3.30. The number of hydrogen-bond acceptors (Lipinski definition) is 8. The molecular formula is C21H24BrN5O4. The van der Waals surface area contributed by atoms with E-state index in [2.05, 4.69) is 36.5 Å². The Bertz CT molecular complexity index is 1000. The van der Waals surface area contributed by atoms with Gasteiger partial charge in [0.15, 0.2) is 0 Å². The van der Waals surface area contributed by atoms with Crippen LogP contribution in [-0.2, 0) is 16.0 Å². The highest BCUT2D eigenvalue weighted by molar-refractivity contribution is 9.12. The van der Waals surface area contributed by atoms with E-state index in [0.717, 1.165) is 21.9 Å². The van der Waals surface area contributed by atoms with Gasteiger partial charge in [0, 0.05) is 49.8 Å². The lowest BCUT2D eigenvalue weighted by Gasteiger charge is -2.31. The Morgan fingerprint density at radius 2 is 2.23 bits per heavy atom. The van der Waals surface area contributed by atoms with Crippen LogP contribution in [0.3, 0.4) is 0 Å². The fourth-order valence-electron chi connectivity index (χ4n) is 3.72. The highest BCUT2D eigenvalue weighted by atomic mass is 79.9. The number of rotatable bonds is 5. The standard InChI is InChI=1S/C21H24BrN5O4/c1-21(12-28)8-13-6-16(17(7-18(13)31-21)27-2-4-30-5-3-27)26-20(29)15(9-23)19-24-10-14(22)11-25-19/h6-7,9-11,23-24,28H,2-5,8,12H2,1H3,(H,26,29)/b19-15-,23-9?. The van der Waals surface area contributed by atoms with Crippen LogP contribution in [-0.4, -0.2) is 62.0 Å². The SMILES string of the molecule is CC1(CO)Cc2cc(NC(=O)/C(C=N)=C3\N=CC(Br)=CN3)c(N3CCOCC3)cc2O1. The molecule has 31 heavy (non-hydrogen) atoms. The first kappa shape index (κ1) is 21.5. The number of carbonyl (C=O) groups excluding carboxylic acids is 1. The maximum absolute atomic E-state index is 13.1. The zero-order valence-corrected chi connectivity index (χ0v) is 18.7. The average Bonchev–Trinajstić information content (AvgIpc) is 3.11. The van der Waals surface area contributed by atoms with E-state index in [1.807, 2.05) is 19.1 Å². The topological polar surface area (TPSA) is 119 Å². The molecule has 10 heteroatoms. The zero-order chi connectivity index (χ0) is 22.0. The Labute approximate surface area is 188 Å². The van der Waals surface area contributed by atoms with Gasteiger partial charge in [-0.25, -0.2) is 4.99 Å². The number of benzene rings is 1. The molecule has 164 valence electrons. The molecule has 0 aromatic heterocycles. The van der Waals surface area contributed by atoms with Gasteiger partial charge in [-0.1, -0.05) is 0 Å². The molecule has 1 atom stereocenters. The number of fused-ring (bicyclic) bond motifs is 1. The maximum Gasteiger partial charge on any atom is 0.261 e. The second-order valence-corrected chi connectivity index (χ2v) is 8.67. The van der Waals surface area contributed by atoms with Crippen molar-refractivity contribution in [1.82, 2.24) is 5.32 Å². The van der Waals surface area contributed by atoms with Crippen molar-refractivity contribution in [2.24, 2.45) is 4.99 Å². The minimum atomic E-state index is -0.685. The summed E-state index contributed by atoms with van der Waals surface area (Å²) in [6.45, 7) is 4.30. The smallest absolute Gasteiger partial charge is 0.261 e. The van der Waals surface area contributed by atoms with Gasteiger partial charge in [0.2, 0.25) is 0 Å². The van der Waals surface area contributed by atoms with Gasteiger partial charge in [0.05, 0.1) is 41.3 Å². The van der Waals surface area contributed by atoms with Crippen LogP contribution in [0.1, 0.15) is 12.5 Å². The number of nitrogens with zero attached hydrogens (tertiary/aromatic N) is 2. The summed E-state index contributed by atoms with van der Waals surface area (Å²) in [4.78, 5) is 19.4. The van der Waals surface area contributed by atoms with E-state index in [1.165, 1.54) is 0 Å². The summed E-state index contributed by atoms with van der Waals surface area (Å²) < 4.78 is 12.2. The first-order valence-electron chi connectivity index (χ1n) is 9.94. The summed E-state index contributed by atoms with van der Waals surface area (Å²) in [6, 6.07) is 3.80. The quantitative estimate of drug-likeness (QED) is 0.370. The minimum absolute atomic E-state index is 0.104. The van der Waals surface area contributed by atoms with Gasteiger partial charge >= 0.3 is 0 Å². The number of hydrogen-bond donors (Lipinski definition) is 4. The van der Waals surface area contributed by atoms with Gasteiger partial charge in [-0.05, 0) is 28.9 Å². The number of halogens is 1. The lowest BCUT2D eigenvalue weighted by atomic mass is 9.99. The molecule has 3 heterocycles. The molecule has 0 saturated carbocycles. The number of carbonyl (C=O) groups is 1. The van der Waals surface area contributed by atoms with E-state index < -0.39 is 11.5 Å². The summed E-state index contributed by atoms with van der Waals surface area (Å²) in [5.74, 6) is 0.551. The van der Waals surface area contributed by atoms with E-state index in [-0.39, 0.29) is 12.2 Å². The largest absolute Gasteiger partial charge is 0.484 e. The monoisotopic (exact) mass is 489 g/mol. The number of ether oxygens (including phenoxy) is 2. The first-order valence-corrected chi connectivity index (χ1v) is 10.7. The highest BCUT2D eigenvalue weighted by Gasteiger charge is 2.35. The van der Waals surface area contributed by atoms with Gasteiger partial charge < -0.3 is 35.5 Å². The molecular weight excluding hydrogens is 466 g/mol. The van der Waals surface area contributed by atoms with Gasteiger partial charge in [-0.3, -0.25) is 4.79 Å². The molecule has 3 aliphatic rings. The average molecular weight is 490 g/mol. The van der Waals surface area contributed by atoms with Gasteiger partial charge in [-0.15, -0.1) is 0 Å². The molecule has 0 spiro atoms. The summed E-state index contributed by atoms with van der Waals surface area (Å²) in [5.41, 5.74) is 1.77. The van der Waals surface area contributed by atoms with Crippen molar-refractivity contribution in [3.8, 4) is 5.75 Å². The molecule has 1 saturated heterocycles. The van der Waals surface area contributed by atoms with Gasteiger partial charge in [-0.2, -0.15) is 0 Å². The Balaban J connectivity index is 1.67. The molecule has 4 rings (SSSR count). The van der Waals surface area contributed by atoms with E-state index in [1.54, 1.807) is 12.4 Å². The number of aliphatic hydroxyl groups excluding tert-OH is 1. The number of amides is 1. The van der Waals surface area contributed by atoms with Crippen molar-refractivity contribution in [1.29, 1.82) is 5.41 Å². The summed E-state index contributed by atoms with van der Waals surface area (Å²) in [5, 5.41) is 23.3. The zero-order valence-electron chi connectivity index (χ0n) is 17.1. The lowest BCUT2D eigenvalue weighted by Crippen LogP contribution is -2.37. The third kappa shape index (κ3) is 4.51. The predicted molar refractivity (Wildman–Crippen MR) is 122 cm³/mol. The predicted octanol–water partition coefficient (Wildman–Crippen LogP) is 1.92. The summed E-state index contributed by atoms with van der Waals surface area (Å²) in [6.07, 6.45) is 4.73. The van der Waals surface area contributed by atoms with Crippen molar-refractivity contribution in [2.45, 2.75) is 18.9 Å². The molecule has 0 bridgehead atoms. The van der Waals surface area contributed by atoms with Crippen LogP contribution in [0.25, 0.3) is 0 Å². The molecule has 1 fully saturated rings. The minimum Gasteiger partial charge on any atom is -0.484 e. The van der Waals surface area contributed by atoms with Gasteiger partial charge in [0.1, 0.15) is 17.2 Å². The Morgan fingerprint density at radius 1 is 1.45 bits per heavy atom. The van der Waals surface area contributed by atoms with Crippen LogP contribution in [0, 0.1) is 5.41 Å². The molecule has 1 aromatic carbocycles. The molecule has 0 radical (unpaired) electrons. The lowest BCUT2D eigenvalue weighted by molar-refractivity contribution is -0.112. The van der Waals surface area contributed by atoms with Crippen molar-refractivity contribution >= 4 is 45.6 Å². The number of aliphatic hydroxyl groups is 1. The molecule has 0 aliphatic carbocycles. The Morgan fingerprint density at radius 3 is 2.87 bits per heavy atom. The normalized spacial score (nSPS) is 24.0. The second-order valence-electron chi connectivity index (χ2n) is 7.76. The van der Waals surface area contributed by atoms with Crippen molar-refractivity contribution in [3.05, 3.63) is 39.8 Å². The van der Waals surface area contributed by atoms with E-state index in [9.17, 15) is 9.90 Å². The third-order valence-corrected chi connectivity index (χ3v) is 5.78.